The molecule has 1 aliphatic heterocycles. The number of nitrogens with zero attached hydrogens (tertiary/aromatic N) is 1. The second kappa shape index (κ2) is 6.95. The van der Waals surface area contributed by atoms with Crippen molar-refractivity contribution in [2.75, 3.05) is 6.61 Å². The summed E-state index contributed by atoms with van der Waals surface area (Å²) in [5, 5.41) is 30.0. The number of aliphatic hydroxyl groups is 3. The Labute approximate surface area is 136 Å². The van der Waals surface area contributed by atoms with Crippen molar-refractivity contribution < 1.29 is 38.0 Å². The fraction of sp³-hybridized carbons (Fsp3) is 0.583. The molecule has 1 fully saturated rings. The Balaban J connectivity index is 2.28. The molecular weight excluding hydrogens is 355 g/mol. The summed E-state index contributed by atoms with van der Waals surface area (Å²) in [7, 11) is 0. The molecule has 0 saturated carbocycles. The molecule has 10 nitrogen and oxygen atoms in total. The van der Waals surface area contributed by atoms with E-state index in [0.29, 0.717) is 4.57 Å². The number of rotatable bonds is 4. The molecule has 0 spiro atoms. The molecule has 13 heteroatoms. The van der Waals surface area contributed by atoms with Gasteiger partial charge in [-0.05, 0) is 0 Å². The molecule has 0 aromatic carbocycles. The third kappa shape index (κ3) is 3.89. The fourth-order valence-electron chi connectivity index (χ4n) is 2.23. The summed E-state index contributed by atoms with van der Waals surface area (Å²) in [5.41, 5.74) is -2.53. The molecule has 0 radical (unpaired) electrons. The number of alkyl halides is 3. The van der Waals surface area contributed by atoms with E-state index in [1.54, 1.807) is 4.98 Å². The molecule has 0 aliphatic carbocycles. The van der Waals surface area contributed by atoms with Gasteiger partial charge in [-0.1, -0.05) is 0 Å². The predicted octanol–water partition coefficient (Wildman–Crippen LogP) is -2.67. The van der Waals surface area contributed by atoms with Crippen LogP contribution in [-0.4, -0.2) is 61.9 Å². The van der Waals surface area contributed by atoms with E-state index in [4.69, 9.17) is 9.84 Å². The van der Waals surface area contributed by atoms with Crippen LogP contribution in [0.5, 0.6) is 0 Å². The summed E-state index contributed by atoms with van der Waals surface area (Å²) in [6.07, 6.45) is -10.2. The summed E-state index contributed by atoms with van der Waals surface area (Å²) in [4.78, 5) is 36.1. The molecule has 140 valence electrons. The van der Waals surface area contributed by atoms with E-state index < -0.39 is 66.6 Å². The van der Waals surface area contributed by atoms with Crippen LogP contribution in [0.25, 0.3) is 0 Å². The maximum atomic E-state index is 12.2. The number of halogens is 3. The average Bonchev–Trinajstić information content (AvgIpc) is 2.81. The van der Waals surface area contributed by atoms with E-state index in [9.17, 15) is 37.8 Å². The normalized spacial score (nSPS) is 26.6. The number of aliphatic hydroxyl groups excluding tert-OH is 3. The van der Waals surface area contributed by atoms with Crippen molar-refractivity contribution in [1.82, 2.24) is 14.9 Å². The highest BCUT2D eigenvalue weighted by molar-refractivity contribution is 5.81. The lowest BCUT2D eigenvalue weighted by atomic mass is 10.1. The van der Waals surface area contributed by atoms with Crippen molar-refractivity contribution in [3.8, 4) is 0 Å². The third-order valence-corrected chi connectivity index (χ3v) is 3.53. The van der Waals surface area contributed by atoms with Crippen molar-refractivity contribution in [2.45, 2.75) is 37.3 Å². The first-order valence-corrected chi connectivity index (χ1v) is 6.88. The summed E-state index contributed by atoms with van der Waals surface area (Å²) in [5.74, 6) is -2.28. The number of ether oxygens (including phenoxy) is 1. The second-order valence-corrected chi connectivity index (χ2v) is 5.23. The van der Waals surface area contributed by atoms with Gasteiger partial charge in [0.05, 0.1) is 12.2 Å². The smallest absolute Gasteiger partial charge is 0.394 e. The van der Waals surface area contributed by atoms with E-state index in [0.717, 1.165) is 6.20 Å². The highest BCUT2D eigenvalue weighted by Gasteiger charge is 2.44. The zero-order valence-corrected chi connectivity index (χ0v) is 12.4. The summed E-state index contributed by atoms with van der Waals surface area (Å²) in [6.45, 7) is -1.51. The number of aromatic nitrogens is 2. The number of aromatic amines is 1. The Morgan fingerprint density at radius 3 is 2.48 bits per heavy atom. The molecule has 2 rings (SSSR count). The summed E-state index contributed by atoms with van der Waals surface area (Å²) < 4.78 is 42.2. The molecule has 25 heavy (non-hydrogen) atoms. The minimum absolute atomic E-state index is 0.421. The standard InChI is InChI=1S/C12H14F3N3O7/c13-12(14,15)10(23)16-1-4-2-18(11(24)17-8(4)22)9-7(21)6(20)5(3-19)25-9/h2,5-7,9,19-21H,1,3H2,(H,16,23)(H,17,22,24)/t5-,6-,7-,9-/m1/s1. The van der Waals surface area contributed by atoms with Crippen molar-refractivity contribution >= 4 is 5.91 Å². The van der Waals surface area contributed by atoms with Gasteiger partial charge in [-0.15, -0.1) is 0 Å². The third-order valence-electron chi connectivity index (χ3n) is 3.53. The summed E-state index contributed by atoms with van der Waals surface area (Å²) in [6, 6.07) is 0. The van der Waals surface area contributed by atoms with Crippen LogP contribution in [-0.2, 0) is 16.1 Å². The molecule has 1 aromatic heterocycles. The van der Waals surface area contributed by atoms with Crippen LogP contribution in [0.2, 0.25) is 0 Å². The van der Waals surface area contributed by atoms with Crippen LogP contribution in [0.15, 0.2) is 15.8 Å². The monoisotopic (exact) mass is 369 g/mol. The van der Waals surface area contributed by atoms with Gasteiger partial charge in [0.25, 0.3) is 5.56 Å². The summed E-state index contributed by atoms with van der Waals surface area (Å²) >= 11 is 0. The van der Waals surface area contributed by atoms with E-state index in [-0.39, 0.29) is 0 Å². The number of amides is 1. The van der Waals surface area contributed by atoms with Crippen molar-refractivity contribution in [2.24, 2.45) is 0 Å². The molecule has 4 atom stereocenters. The van der Waals surface area contributed by atoms with E-state index in [1.165, 1.54) is 5.32 Å². The minimum Gasteiger partial charge on any atom is -0.394 e. The van der Waals surface area contributed by atoms with E-state index in [1.807, 2.05) is 0 Å². The number of hydrogen-bond donors (Lipinski definition) is 5. The van der Waals surface area contributed by atoms with E-state index in [2.05, 4.69) is 0 Å². The van der Waals surface area contributed by atoms with Gasteiger partial charge in [0, 0.05) is 12.7 Å². The Morgan fingerprint density at radius 2 is 1.96 bits per heavy atom. The maximum absolute atomic E-state index is 12.2. The zero-order chi connectivity index (χ0) is 18.9. The number of nitrogens with one attached hydrogen (secondary N) is 2. The molecule has 1 aromatic rings. The van der Waals surface area contributed by atoms with Crippen LogP contribution < -0.4 is 16.6 Å². The first-order valence-electron chi connectivity index (χ1n) is 6.88. The number of H-pyrrole nitrogens is 1. The number of carbonyl (C=O) groups excluding carboxylic acids is 1. The van der Waals surface area contributed by atoms with Gasteiger partial charge in [0.2, 0.25) is 0 Å². The van der Waals surface area contributed by atoms with Crippen LogP contribution >= 0.6 is 0 Å². The lowest BCUT2D eigenvalue weighted by molar-refractivity contribution is -0.173. The Morgan fingerprint density at radius 1 is 1.32 bits per heavy atom. The first kappa shape index (κ1) is 19.1. The lowest BCUT2D eigenvalue weighted by Gasteiger charge is -2.18. The highest BCUT2D eigenvalue weighted by Crippen LogP contribution is 2.28. The number of hydrogen-bond acceptors (Lipinski definition) is 7. The van der Waals surface area contributed by atoms with Crippen LogP contribution in [0.4, 0.5) is 13.2 Å². The molecule has 1 saturated heterocycles. The largest absolute Gasteiger partial charge is 0.471 e. The maximum Gasteiger partial charge on any atom is 0.471 e. The quantitative estimate of drug-likeness (QED) is 0.388. The molecule has 0 unspecified atom stereocenters. The topological polar surface area (TPSA) is 154 Å². The van der Waals surface area contributed by atoms with Gasteiger partial charge in [-0.2, -0.15) is 13.2 Å². The molecule has 5 N–H and O–H groups in total. The molecule has 0 bridgehead atoms. The SMILES string of the molecule is O=C(NCc1cn([C@@H]2O[C@H](CO)[C@@H](O)[C@H]2O)c(=O)[nH]c1=O)C(F)(F)F. The predicted molar refractivity (Wildman–Crippen MR) is 72.2 cm³/mol. The van der Waals surface area contributed by atoms with Gasteiger partial charge in [0.15, 0.2) is 6.23 Å². The van der Waals surface area contributed by atoms with Crippen LogP contribution in [0.1, 0.15) is 11.8 Å². The second-order valence-electron chi connectivity index (χ2n) is 5.23. The van der Waals surface area contributed by atoms with Gasteiger partial charge >= 0.3 is 17.8 Å². The van der Waals surface area contributed by atoms with Crippen LogP contribution in [0, 0.1) is 0 Å². The Hall–Kier alpha value is -2.22. The van der Waals surface area contributed by atoms with Gasteiger partial charge in [0.1, 0.15) is 18.3 Å². The van der Waals surface area contributed by atoms with E-state index >= 15 is 0 Å². The Kier molecular flexibility index (Phi) is 5.31. The van der Waals surface area contributed by atoms with Crippen molar-refractivity contribution in [3.63, 3.8) is 0 Å². The average molecular weight is 369 g/mol. The van der Waals surface area contributed by atoms with Crippen molar-refractivity contribution in [3.05, 3.63) is 32.6 Å². The fourth-order valence-corrected chi connectivity index (χ4v) is 2.23. The zero-order valence-electron chi connectivity index (χ0n) is 12.4. The lowest BCUT2D eigenvalue weighted by Crippen LogP contribution is -2.41. The van der Waals surface area contributed by atoms with Gasteiger partial charge in [-0.3, -0.25) is 19.1 Å². The first-order chi connectivity index (χ1) is 11.6. The molecular formula is C12H14F3N3O7. The van der Waals surface area contributed by atoms with Gasteiger partial charge < -0.3 is 25.4 Å². The molecule has 1 aliphatic rings. The Bertz CT molecular complexity index is 760. The molecule has 1 amide bonds. The highest BCUT2D eigenvalue weighted by atomic mass is 19.4. The molecule has 2 heterocycles. The minimum atomic E-state index is -5.15. The van der Waals surface area contributed by atoms with Crippen LogP contribution in [0.3, 0.4) is 0 Å². The van der Waals surface area contributed by atoms with Crippen molar-refractivity contribution in [1.29, 1.82) is 0 Å². The number of carbonyl (C=O) groups is 1. The van der Waals surface area contributed by atoms with Gasteiger partial charge in [-0.25, -0.2) is 4.79 Å².